The molecule has 0 aliphatic carbocycles. The van der Waals surface area contributed by atoms with Crippen LogP contribution in [0, 0.1) is 0 Å². The number of anilines is 1. The zero-order chi connectivity index (χ0) is 16.4. The standard InChI is InChI=1S/C17H20N2O3S/c1-19-10-9-13-11-14(7-8-16(13)19)17(20)12-18-23(21,22)15-5-3-2-4-6-15/h2-8,11,17-18,20H,9-10,12H2,1H3. The van der Waals surface area contributed by atoms with Crippen LogP contribution in [0.3, 0.4) is 0 Å². The van der Waals surface area contributed by atoms with Gasteiger partial charge in [-0.2, -0.15) is 0 Å². The van der Waals surface area contributed by atoms with Crippen LogP contribution in [0.5, 0.6) is 0 Å². The quantitative estimate of drug-likeness (QED) is 0.874. The number of aliphatic hydroxyl groups is 1. The molecule has 23 heavy (non-hydrogen) atoms. The molecule has 0 fully saturated rings. The van der Waals surface area contributed by atoms with Crippen molar-refractivity contribution in [2.45, 2.75) is 17.4 Å². The lowest BCUT2D eigenvalue weighted by Gasteiger charge is -2.15. The lowest BCUT2D eigenvalue weighted by atomic mass is 10.0. The van der Waals surface area contributed by atoms with Gasteiger partial charge >= 0.3 is 0 Å². The minimum absolute atomic E-state index is 0.0497. The monoisotopic (exact) mass is 332 g/mol. The Kier molecular flexibility index (Phi) is 4.39. The van der Waals surface area contributed by atoms with Crippen molar-refractivity contribution in [3.05, 3.63) is 59.7 Å². The predicted octanol–water partition coefficient (Wildman–Crippen LogP) is 1.69. The van der Waals surface area contributed by atoms with Crippen molar-refractivity contribution in [1.82, 2.24) is 4.72 Å². The Morgan fingerprint density at radius 1 is 1.22 bits per heavy atom. The summed E-state index contributed by atoms with van der Waals surface area (Å²) in [4.78, 5) is 2.37. The molecule has 0 saturated carbocycles. The highest BCUT2D eigenvalue weighted by Crippen LogP contribution is 2.29. The Labute approximate surface area is 136 Å². The number of fused-ring (bicyclic) bond motifs is 1. The van der Waals surface area contributed by atoms with Crippen molar-refractivity contribution in [3.8, 4) is 0 Å². The number of sulfonamides is 1. The van der Waals surface area contributed by atoms with Gasteiger partial charge in [0.15, 0.2) is 0 Å². The molecule has 1 aliphatic heterocycles. The summed E-state index contributed by atoms with van der Waals surface area (Å²) in [6, 6.07) is 13.9. The first-order valence-electron chi connectivity index (χ1n) is 7.54. The van der Waals surface area contributed by atoms with Crippen LogP contribution in [-0.2, 0) is 16.4 Å². The van der Waals surface area contributed by atoms with E-state index in [1.54, 1.807) is 18.2 Å². The van der Waals surface area contributed by atoms with E-state index in [2.05, 4.69) is 9.62 Å². The Morgan fingerprint density at radius 2 is 1.96 bits per heavy atom. The molecule has 1 heterocycles. The lowest BCUT2D eigenvalue weighted by Crippen LogP contribution is -2.28. The van der Waals surface area contributed by atoms with Crippen LogP contribution in [0.25, 0.3) is 0 Å². The first-order valence-corrected chi connectivity index (χ1v) is 9.02. The summed E-state index contributed by atoms with van der Waals surface area (Å²) in [5.41, 5.74) is 3.09. The predicted molar refractivity (Wildman–Crippen MR) is 90.0 cm³/mol. The van der Waals surface area contributed by atoms with Gasteiger partial charge in [-0.1, -0.05) is 30.3 Å². The highest BCUT2D eigenvalue weighted by molar-refractivity contribution is 7.89. The topological polar surface area (TPSA) is 69.6 Å². The van der Waals surface area contributed by atoms with E-state index in [1.165, 1.54) is 23.4 Å². The molecule has 0 saturated heterocycles. The third-order valence-corrected chi connectivity index (χ3v) is 5.58. The molecule has 2 N–H and O–H groups in total. The molecule has 1 unspecified atom stereocenters. The molecular formula is C17H20N2O3S. The van der Waals surface area contributed by atoms with Crippen molar-refractivity contribution in [2.75, 3.05) is 25.0 Å². The number of likely N-dealkylation sites (N-methyl/N-ethyl adjacent to an activating group) is 1. The molecule has 0 aromatic heterocycles. The van der Waals surface area contributed by atoms with Crippen molar-refractivity contribution in [1.29, 1.82) is 0 Å². The van der Waals surface area contributed by atoms with Gasteiger partial charge in [0.1, 0.15) is 0 Å². The molecule has 1 atom stereocenters. The largest absolute Gasteiger partial charge is 0.387 e. The van der Waals surface area contributed by atoms with E-state index < -0.39 is 16.1 Å². The van der Waals surface area contributed by atoms with E-state index >= 15 is 0 Å². The maximum absolute atomic E-state index is 12.2. The number of nitrogens with zero attached hydrogens (tertiary/aromatic N) is 1. The summed E-state index contributed by atoms with van der Waals surface area (Å²) in [7, 11) is -1.56. The van der Waals surface area contributed by atoms with Gasteiger partial charge in [-0.25, -0.2) is 13.1 Å². The number of hydrogen-bond donors (Lipinski definition) is 2. The van der Waals surface area contributed by atoms with E-state index in [4.69, 9.17) is 0 Å². The van der Waals surface area contributed by atoms with Crippen molar-refractivity contribution < 1.29 is 13.5 Å². The number of aliphatic hydroxyl groups excluding tert-OH is 1. The number of benzene rings is 2. The van der Waals surface area contributed by atoms with Gasteiger partial charge in [0.05, 0.1) is 11.0 Å². The molecule has 3 rings (SSSR count). The van der Waals surface area contributed by atoms with E-state index in [0.29, 0.717) is 0 Å². The van der Waals surface area contributed by atoms with Gasteiger partial charge in [0, 0.05) is 25.8 Å². The highest BCUT2D eigenvalue weighted by Gasteiger charge is 2.20. The SMILES string of the molecule is CN1CCc2cc(C(O)CNS(=O)(=O)c3ccccc3)ccc21. The summed E-state index contributed by atoms with van der Waals surface area (Å²) in [6.07, 6.45) is 0.0759. The Bertz CT molecular complexity index is 791. The second kappa shape index (κ2) is 6.31. The fourth-order valence-corrected chi connectivity index (χ4v) is 3.84. The normalized spacial score (nSPS) is 15.5. The van der Waals surface area contributed by atoms with Crippen LogP contribution in [0.15, 0.2) is 53.4 Å². The van der Waals surface area contributed by atoms with E-state index in [-0.39, 0.29) is 11.4 Å². The Morgan fingerprint density at radius 3 is 2.70 bits per heavy atom. The molecular weight excluding hydrogens is 312 g/mol. The highest BCUT2D eigenvalue weighted by atomic mass is 32.2. The summed E-state index contributed by atoms with van der Waals surface area (Å²) in [5.74, 6) is 0. The van der Waals surface area contributed by atoms with Crippen LogP contribution >= 0.6 is 0 Å². The number of nitrogens with one attached hydrogen (secondary N) is 1. The molecule has 0 amide bonds. The summed E-state index contributed by atoms with van der Waals surface area (Å²) < 4.78 is 26.8. The average Bonchev–Trinajstić information content (AvgIpc) is 2.94. The first kappa shape index (κ1) is 16.0. The van der Waals surface area contributed by atoms with Gasteiger partial charge in [-0.05, 0) is 35.7 Å². The molecule has 0 bridgehead atoms. The number of hydrogen-bond acceptors (Lipinski definition) is 4. The molecule has 6 heteroatoms. The zero-order valence-corrected chi connectivity index (χ0v) is 13.8. The van der Waals surface area contributed by atoms with Gasteiger partial charge in [-0.15, -0.1) is 0 Å². The van der Waals surface area contributed by atoms with Gasteiger partial charge in [0.2, 0.25) is 10.0 Å². The molecule has 2 aromatic carbocycles. The summed E-state index contributed by atoms with van der Waals surface area (Å²) in [5, 5.41) is 10.3. The lowest BCUT2D eigenvalue weighted by molar-refractivity contribution is 0.182. The Balaban J connectivity index is 1.69. The molecule has 2 aromatic rings. The minimum atomic E-state index is -3.60. The minimum Gasteiger partial charge on any atom is -0.387 e. The van der Waals surface area contributed by atoms with E-state index in [9.17, 15) is 13.5 Å². The van der Waals surface area contributed by atoms with Crippen LogP contribution < -0.4 is 9.62 Å². The van der Waals surface area contributed by atoms with Gasteiger partial charge < -0.3 is 10.0 Å². The maximum Gasteiger partial charge on any atom is 0.240 e. The first-order chi connectivity index (χ1) is 11.0. The van der Waals surface area contributed by atoms with Crippen LogP contribution in [0.4, 0.5) is 5.69 Å². The third kappa shape index (κ3) is 3.39. The van der Waals surface area contributed by atoms with E-state index in [0.717, 1.165) is 18.5 Å². The second-order valence-electron chi connectivity index (χ2n) is 5.74. The van der Waals surface area contributed by atoms with Crippen molar-refractivity contribution in [2.24, 2.45) is 0 Å². The fourth-order valence-electron chi connectivity index (χ4n) is 2.78. The van der Waals surface area contributed by atoms with Crippen LogP contribution in [-0.4, -0.2) is 33.7 Å². The average molecular weight is 332 g/mol. The molecule has 0 radical (unpaired) electrons. The van der Waals surface area contributed by atoms with Crippen LogP contribution in [0.2, 0.25) is 0 Å². The molecule has 0 spiro atoms. The molecule has 1 aliphatic rings. The molecule has 5 nitrogen and oxygen atoms in total. The smallest absolute Gasteiger partial charge is 0.240 e. The molecule has 122 valence electrons. The van der Waals surface area contributed by atoms with Crippen molar-refractivity contribution in [3.63, 3.8) is 0 Å². The van der Waals surface area contributed by atoms with Gasteiger partial charge in [-0.3, -0.25) is 0 Å². The maximum atomic E-state index is 12.2. The summed E-state index contributed by atoms with van der Waals surface area (Å²) >= 11 is 0. The van der Waals surface area contributed by atoms with Crippen LogP contribution in [0.1, 0.15) is 17.2 Å². The van der Waals surface area contributed by atoms with E-state index in [1.807, 2.05) is 25.2 Å². The van der Waals surface area contributed by atoms with Gasteiger partial charge in [0.25, 0.3) is 0 Å². The Hall–Kier alpha value is -1.89. The zero-order valence-electron chi connectivity index (χ0n) is 12.9. The fraction of sp³-hybridized carbons (Fsp3) is 0.294. The van der Waals surface area contributed by atoms with Crippen molar-refractivity contribution >= 4 is 15.7 Å². The third-order valence-electron chi connectivity index (χ3n) is 4.14. The number of rotatable bonds is 5. The second-order valence-corrected chi connectivity index (χ2v) is 7.51. The summed E-state index contributed by atoms with van der Waals surface area (Å²) in [6.45, 7) is 0.918.